The Bertz CT molecular complexity index is 466. The summed E-state index contributed by atoms with van der Waals surface area (Å²) >= 11 is 0. The van der Waals surface area contributed by atoms with Crippen LogP contribution in [-0.4, -0.2) is 29.7 Å². The van der Waals surface area contributed by atoms with Gasteiger partial charge in [0.25, 0.3) is 0 Å². The van der Waals surface area contributed by atoms with Crippen LogP contribution in [0, 0.1) is 5.92 Å². The first-order valence-corrected chi connectivity index (χ1v) is 7.57. The minimum atomic E-state index is -0.870. The molecule has 0 spiro atoms. The Morgan fingerprint density at radius 3 is 2.60 bits per heavy atom. The van der Waals surface area contributed by atoms with Crippen LogP contribution in [0.2, 0.25) is 0 Å². The van der Waals surface area contributed by atoms with Gasteiger partial charge in [-0.05, 0) is 62.4 Å². The van der Waals surface area contributed by atoms with Gasteiger partial charge < -0.3 is 15.7 Å². The van der Waals surface area contributed by atoms with Gasteiger partial charge in [-0.2, -0.15) is 0 Å². The zero-order chi connectivity index (χ0) is 13.9. The average Bonchev–Trinajstić information content (AvgIpc) is 3.09. The molecule has 4 nitrogen and oxygen atoms in total. The zero-order valence-corrected chi connectivity index (χ0v) is 11.6. The molecule has 1 aromatic carbocycles. The van der Waals surface area contributed by atoms with Crippen molar-refractivity contribution in [2.45, 2.75) is 44.2 Å². The number of anilines is 1. The fourth-order valence-corrected chi connectivity index (χ4v) is 3.65. The van der Waals surface area contributed by atoms with Crippen molar-refractivity contribution in [1.29, 1.82) is 0 Å². The van der Waals surface area contributed by atoms with E-state index in [1.165, 1.54) is 32.1 Å². The van der Waals surface area contributed by atoms with E-state index in [9.17, 15) is 4.79 Å². The Morgan fingerprint density at radius 2 is 1.95 bits per heavy atom. The molecule has 20 heavy (non-hydrogen) atoms. The van der Waals surface area contributed by atoms with Crippen molar-refractivity contribution in [1.82, 2.24) is 5.32 Å². The highest BCUT2D eigenvalue weighted by Crippen LogP contribution is 2.33. The van der Waals surface area contributed by atoms with Gasteiger partial charge in [0.2, 0.25) is 0 Å². The van der Waals surface area contributed by atoms with Gasteiger partial charge in [0.15, 0.2) is 0 Å². The number of rotatable bonds is 4. The smallest absolute Gasteiger partial charge is 0.335 e. The fourth-order valence-electron chi connectivity index (χ4n) is 3.65. The van der Waals surface area contributed by atoms with E-state index in [0.717, 1.165) is 12.2 Å². The van der Waals surface area contributed by atoms with Crippen molar-refractivity contribution in [2.24, 2.45) is 5.92 Å². The Kier molecular flexibility index (Phi) is 3.92. The number of benzene rings is 1. The molecule has 1 saturated carbocycles. The minimum absolute atomic E-state index is 0.344. The van der Waals surface area contributed by atoms with Crippen molar-refractivity contribution >= 4 is 11.7 Å². The molecular weight excluding hydrogens is 252 g/mol. The lowest BCUT2D eigenvalue weighted by atomic mass is 9.93. The Labute approximate surface area is 119 Å². The van der Waals surface area contributed by atoms with Crippen LogP contribution in [0.4, 0.5) is 5.69 Å². The highest BCUT2D eigenvalue weighted by Gasteiger charge is 2.34. The molecule has 1 aliphatic carbocycles. The second-order valence-electron chi connectivity index (χ2n) is 5.93. The predicted molar refractivity (Wildman–Crippen MR) is 79.2 cm³/mol. The Hall–Kier alpha value is -1.55. The second-order valence-corrected chi connectivity index (χ2v) is 5.93. The average molecular weight is 274 g/mol. The normalized spacial score (nSPS) is 29.5. The molecule has 0 radical (unpaired) electrons. The lowest BCUT2D eigenvalue weighted by molar-refractivity contribution is 0.0697. The van der Waals surface area contributed by atoms with Crippen LogP contribution in [0.1, 0.15) is 42.5 Å². The summed E-state index contributed by atoms with van der Waals surface area (Å²) in [6.07, 6.45) is 6.38. The van der Waals surface area contributed by atoms with Gasteiger partial charge >= 0.3 is 5.97 Å². The first kappa shape index (κ1) is 13.4. The number of hydrogen-bond donors (Lipinski definition) is 3. The zero-order valence-electron chi connectivity index (χ0n) is 11.6. The number of carboxylic acid groups (broad SMARTS) is 1. The summed E-state index contributed by atoms with van der Waals surface area (Å²) in [6, 6.07) is 8.27. The molecule has 3 unspecified atom stereocenters. The third kappa shape index (κ3) is 2.80. The van der Waals surface area contributed by atoms with E-state index in [-0.39, 0.29) is 0 Å². The van der Waals surface area contributed by atoms with Crippen molar-refractivity contribution < 1.29 is 9.90 Å². The number of aromatic carboxylic acids is 1. The molecular formula is C16H22N2O2. The van der Waals surface area contributed by atoms with Gasteiger partial charge in [-0.3, -0.25) is 0 Å². The summed E-state index contributed by atoms with van der Waals surface area (Å²) in [5.74, 6) is -0.165. The number of hydrogen-bond acceptors (Lipinski definition) is 3. The summed E-state index contributed by atoms with van der Waals surface area (Å²) in [5.41, 5.74) is 1.38. The highest BCUT2D eigenvalue weighted by atomic mass is 16.4. The molecule has 0 amide bonds. The van der Waals surface area contributed by atoms with Crippen LogP contribution in [0.15, 0.2) is 24.3 Å². The molecule has 108 valence electrons. The third-order valence-corrected chi connectivity index (χ3v) is 4.67. The van der Waals surface area contributed by atoms with Crippen molar-refractivity contribution in [3.63, 3.8) is 0 Å². The van der Waals surface area contributed by atoms with E-state index >= 15 is 0 Å². The first-order chi connectivity index (χ1) is 9.74. The van der Waals surface area contributed by atoms with E-state index < -0.39 is 5.97 Å². The molecule has 2 aliphatic rings. The van der Waals surface area contributed by atoms with Crippen molar-refractivity contribution in [2.75, 3.05) is 11.9 Å². The molecule has 3 atom stereocenters. The summed E-state index contributed by atoms with van der Waals surface area (Å²) in [7, 11) is 0. The maximum atomic E-state index is 10.9. The SMILES string of the molecule is O=C(O)c1ccc(NC2CCCC2C2CCCN2)cc1. The van der Waals surface area contributed by atoms with Crippen LogP contribution in [0.3, 0.4) is 0 Å². The van der Waals surface area contributed by atoms with Gasteiger partial charge in [0.1, 0.15) is 0 Å². The van der Waals surface area contributed by atoms with Crippen molar-refractivity contribution in [3.8, 4) is 0 Å². The molecule has 3 N–H and O–H groups in total. The maximum Gasteiger partial charge on any atom is 0.335 e. The van der Waals surface area contributed by atoms with E-state index in [1.54, 1.807) is 12.1 Å². The van der Waals surface area contributed by atoms with Gasteiger partial charge in [-0.1, -0.05) is 6.42 Å². The molecule has 1 aliphatic heterocycles. The quantitative estimate of drug-likeness (QED) is 0.790. The fraction of sp³-hybridized carbons (Fsp3) is 0.562. The Morgan fingerprint density at radius 1 is 1.15 bits per heavy atom. The maximum absolute atomic E-state index is 10.9. The van der Waals surface area contributed by atoms with Gasteiger partial charge in [-0.25, -0.2) is 4.79 Å². The summed E-state index contributed by atoms with van der Waals surface area (Å²) < 4.78 is 0. The standard InChI is InChI=1S/C16H22N2O2/c19-16(20)11-6-8-12(9-7-11)18-15-4-1-3-13(15)14-5-2-10-17-14/h6-9,13-15,17-18H,1-5,10H2,(H,19,20). The molecule has 1 heterocycles. The highest BCUT2D eigenvalue weighted by molar-refractivity contribution is 5.88. The molecule has 1 saturated heterocycles. The first-order valence-electron chi connectivity index (χ1n) is 7.57. The van der Waals surface area contributed by atoms with Gasteiger partial charge in [0, 0.05) is 17.8 Å². The van der Waals surface area contributed by atoms with Crippen LogP contribution in [-0.2, 0) is 0 Å². The largest absolute Gasteiger partial charge is 0.478 e. The summed E-state index contributed by atoms with van der Waals surface area (Å²) in [6.45, 7) is 1.15. The molecule has 0 aromatic heterocycles. The monoisotopic (exact) mass is 274 g/mol. The van der Waals surface area contributed by atoms with Gasteiger partial charge in [0.05, 0.1) is 5.56 Å². The van der Waals surface area contributed by atoms with E-state index in [4.69, 9.17) is 5.11 Å². The molecule has 1 aromatic rings. The lowest BCUT2D eigenvalue weighted by Gasteiger charge is -2.27. The molecule has 4 heteroatoms. The molecule has 0 bridgehead atoms. The second kappa shape index (κ2) is 5.83. The van der Waals surface area contributed by atoms with E-state index in [0.29, 0.717) is 23.6 Å². The molecule has 2 fully saturated rings. The third-order valence-electron chi connectivity index (χ3n) is 4.67. The molecule has 3 rings (SSSR count). The van der Waals surface area contributed by atoms with Crippen LogP contribution in [0.25, 0.3) is 0 Å². The minimum Gasteiger partial charge on any atom is -0.478 e. The van der Waals surface area contributed by atoms with Gasteiger partial charge in [-0.15, -0.1) is 0 Å². The summed E-state index contributed by atoms with van der Waals surface area (Å²) in [4.78, 5) is 10.9. The van der Waals surface area contributed by atoms with Crippen LogP contribution >= 0.6 is 0 Å². The van der Waals surface area contributed by atoms with Crippen molar-refractivity contribution in [3.05, 3.63) is 29.8 Å². The lowest BCUT2D eigenvalue weighted by Crippen LogP contribution is -2.38. The number of carbonyl (C=O) groups is 1. The summed E-state index contributed by atoms with van der Waals surface area (Å²) in [5, 5.41) is 16.1. The number of nitrogens with one attached hydrogen (secondary N) is 2. The van der Waals surface area contributed by atoms with Crippen LogP contribution < -0.4 is 10.6 Å². The van der Waals surface area contributed by atoms with E-state index in [2.05, 4.69) is 10.6 Å². The van der Waals surface area contributed by atoms with Crippen LogP contribution in [0.5, 0.6) is 0 Å². The topological polar surface area (TPSA) is 61.4 Å². The predicted octanol–water partition coefficient (Wildman–Crippen LogP) is 2.72. The Balaban J connectivity index is 1.65. The number of carboxylic acids is 1. The van der Waals surface area contributed by atoms with E-state index in [1.807, 2.05) is 12.1 Å².